The minimum atomic E-state index is -1.41. The molecule has 0 radical (unpaired) electrons. The average molecular weight is 553 g/mol. The van der Waals surface area contributed by atoms with Crippen LogP contribution >= 0.6 is 0 Å². The van der Waals surface area contributed by atoms with Gasteiger partial charge in [-0.15, -0.1) is 0 Å². The number of carbonyl (C=O) groups is 4. The lowest BCUT2D eigenvalue weighted by atomic mass is 10.0. The Morgan fingerprint density at radius 2 is 1.29 bits per heavy atom. The van der Waals surface area contributed by atoms with Gasteiger partial charge in [-0.1, -0.05) is 0 Å². The fourth-order valence-electron chi connectivity index (χ4n) is 4.34. The molecule has 0 bridgehead atoms. The van der Waals surface area contributed by atoms with Crippen LogP contribution in [0.3, 0.4) is 0 Å². The molecule has 15 nitrogen and oxygen atoms in total. The van der Waals surface area contributed by atoms with Crippen molar-refractivity contribution in [1.29, 1.82) is 0 Å². The van der Waals surface area contributed by atoms with Crippen LogP contribution < -0.4 is 0 Å². The number of methoxy groups -OCH3 is 3. The first-order chi connectivity index (χ1) is 17.9. The van der Waals surface area contributed by atoms with Gasteiger partial charge in [0.2, 0.25) is 0 Å². The van der Waals surface area contributed by atoms with Crippen molar-refractivity contribution < 1.29 is 71.7 Å². The maximum atomic E-state index is 12.0. The predicted octanol–water partition coefficient (Wildman–Crippen LogP) is -1.15. The second-order valence-corrected chi connectivity index (χ2v) is 8.59. The third kappa shape index (κ3) is 8.30. The number of aliphatic hydroxyl groups excluding tert-OH is 1. The molecule has 0 spiro atoms. The topological polar surface area (TPSA) is 181 Å². The smallest absolute Gasteiger partial charge is 0.303 e. The van der Waals surface area contributed by atoms with E-state index in [9.17, 15) is 24.3 Å². The summed E-state index contributed by atoms with van der Waals surface area (Å²) in [4.78, 5) is 47.2. The molecule has 0 aliphatic carbocycles. The third-order valence-electron chi connectivity index (χ3n) is 5.72. The van der Waals surface area contributed by atoms with Gasteiger partial charge in [0.1, 0.15) is 37.1 Å². The lowest BCUT2D eigenvalue weighted by Crippen LogP contribution is -2.48. The Balaban J connectivity index is 2.43. The normalized spacial score (nSPS) is 32.3. The van der Waals surface area contributed by atoms with Crippen molar-refractivity contribution in [3.63, 3.8) is 0 Å². The van der Waals surface area contributed by atoms with Crippen LogP contribution in [-0.4, -0.2) is 125 Å². The van der Waals surface area contributed by atoms with Crippen LogP contribution in [-0.2, 0) is 66.5 Å². The van der Waals surface area contributed by atoms with E-state index in [1.165, 1.54) is 21.3 Å². The SMILES string of the molecule is COCC(O[C@@H]1OC(C(COC(C)=O)OC(C)=O)[C@H](OC(C)=O)[C@H]1OC(C)=O)C1O[C@@H](O)[C@H](OC)[C@H]1OC. The van der Waals surface area contributed by atoms with Crippen LogP contribution in [0.5, 0.6) is 0 Å². The Labute approximate surface area is 219 Å². The van der Waals surface area contributed by atoms with Gasteiger partial charge >= 0.3 is 23.9 Å². The first-order valence-corrected chi connectivity index (χ1v) is 11.8. The number of aliphatic hydroxyl groups is 1. The fraction of sp³-hybridized carbons (Fsp3) is 0.826. The van der Waals surface area contributed by atoms with E-state index >= 15 is 0 Å². The first-order valence-electron chi connectivity index (χ1n) is 11.8. The zero-order valence-corrected chi connectivity index (χ0v) is 22.4. The Morgan fingerprint density at radius 3 is 1.79 bits per heavy atom. The molecule has 2 heterocycles. The second-order valence-electron chi connectivity index (χ2n) is 8.59. The predicted molar refractivity (Wildman–Crippen MR) is 121 cm³/mol. The Kier molecular flexibility index (Phi) is 12.3. The Bertz CT molecular complexity index is 819. The Hall–Kier alpha value is -2.40. The lowest BCUT2D eigenvalue weighted by Gasteiger charge is -2.31. The molecule has 15 heteroatoms. The summed E-state index contributed by atoms with van der Waals surface area (Å²) in [6.07, 6.45) is -11.5. The van der Waals surface area contributed by atoms with E-state index in [1.807, 2.05) is 0 Å². The van der Waals surface area contributed by atoms with Gasteiger partial charge in [0.05, 0.1) is 6.61 Å². The van der Waals surface area contributed by atoms with E-state index in [0.29, 0.717) is 0 Å². The van der Waals surface area contributed by atoms with Crippen molar-refractivity contribution in [2.75, 3.05) is 34.5 Å². The summed E-state index contributed by atoms with van der Waals surface area (Å²) < 4.78 is 54.8. The van der Waals surface area contributed by atoms with Crippen LogP contribution in [0.1, 0.15) is 27.7 Å². The van der Waals surface area contributed by atoms with Gasteiger partial charge < -0.3 is 52.5 Å². The molecular weight excluding hydrogens is 516 g/mol. The molecule has 0 aromatic heterocycles. The van der Waals surface area contributed by atoms with Crippen LogP contribution in [0.4, 0.5) is 0 Å². The van der Waals surface area contributed by atoms with Crippen LogP contribution in [0.25, 0.3) is 0 Å². The standard InChI is InChI=1S/C23H36O15/c1-10(24)32-9-15(33-11(2)25)17-19(34-12(3)26)21(35-13(4)27)23(38-17)36-14(8-29-5)16-18(30-6)20(31-7)22(28)37-16/h14-23,28H,8-9H2,1-7H3/t14?,15?,16?,17?,18-,19-,20+,21+,22+,23+/m0/s1. The fourth-order valence-corrected chi connectivity index (χ4v) is 4.34. The van der Waals surface area contributed by atoms with E-state index in [2.05, 4.69) is 0 Å². The van der Waals surface area contributed by atoms with Crippen LogP contribution in [0.15, 0.2) is 0 Å². The molecule has 218 valence electrons. The van der Waals surface area contributed by atoms with E-state index in [4.69, 9.17) is 47.4 Å². The third-order valence-corrected chi connectivity index (χ3v) is 5.72. The molecule has 0 saturated carbocycles. The highest BCUT2D eigenvalue weighted by atomic mass is 16.8. The van der Waals surface area contributed by atoms with Crippen molar-refractivity contribution in [3.8, 4) is 0 Å². The number of hydrogen-bond donors (Lipinski definition) is 1. The van der Waals surface area contributed by atoms with E-state index in [-0.39, 0.29) is 6.61 Å². The largest absolute Gasteiger partial charge is 0.462 e. The van der Waals surface area contributed by atoms with Gasteiger partial charge in [0.15, 0.2) is 30.9 Å². The summed E-state index contributed by atoms with van der Waals surface area (Å²) in [5.74, 6) is -2.91. The van der Waals surface area contributed by atoms with Gasteiger partial charge in [-0.2, -0.15) is 0 Å². The van der Waals surface area contributed by atoms with Gasteiger partial charge in [0, 0.05) is 49.0 Å². The van der Waals surface area contributed by atoms with Crippen molar-refractivity contribution in [2.24, 2.45) is 0 Å². The first kappa shape index (κ1) is 31.8. The minimum Gasteiger partial charge on any atom is -0.462 e. The number of carbonyl (C=O) groups excluding carboxylic acids is 4. The molecule has 38 heavy (non-hydrogen) atoms. The lowest BCUT2D eigenvalue weighted by molar-refractivity contribution is -0.246. The summed E-state index contributed by atoms with van der Waals surface area (Å²) in [5, 5.41) is 10.3. The van der Waals surface area contributed by atoms with E-state index in [0.717, 1.165) is 27.7 Å². The number of esters is 4. The van der Waals surface area contributed by atoms with Crippen molar-refractivity contribution in [1.82, 2.24) is 0 Å². The summed E-state index contributed by atoms with van der Waals surface area (Å²) in [5.41, 5.74) is 0. The number of ether oxygens (including phenoxy) is 10. The maximum Gasteiger partial charge on any atom is 0.303 e. The maximum absolute atomic E-state index is 12.0. The molecule has 0 aromatic carbocycles. The summed E-state index contributed by atoms with van der Waals surface area (Å²) >= 11 is 0. The van der Waals surface area contributed by atoms with Crippen molar-refractivity contribution >= 4 is 23.9 Å². The monoisotopic (exact) mass is 552 g/mol. The van der Waals surface area contributed by atoms with Gasteiger partial charge in [-0.05, 0) is 0 Å². The van der Waals surface area contributed by atoms with Crippen LogP contribution in [0, 0.1) is 0 Å². The molecule has 0 aromatic rings. The second kappa shape index (κ2) is 14.7. The van der Waals surface area contributed by atoms with E-state index < -0.39 is 91.9 Å². The minimum absolute atomic E-state index is 0.0932. The molecule has 1 N–H and O–H groups in total. The summed E-state index contributed by atoms with van der Waals surface area (Å²) in [6.45, 7) is 4.00. The number of rotatable bonds is 13. The van der Waals surface area contributed by atoms with Gasteiger partial charge in [-0.3, -0.25) is 19.2 Å². The molecule has 2 aliphatic rings. The molecule has 2 aliphatic heterocycles. The molecule has 2 fully saturated rings. The summed E-state index contributed by atoms with van der Waals surface area (Å²) in [7, 11) is 4.17. The zero-order chi connectivity index (χ0) is 28.6. The molecule has 10 atom stereocenters. The van der Waals surface area contributed by atoms with E-state index in [1.54, 1.807) is 0 Å². The van der Waals surface area contributed by atoms with Crippen LogP contribution in [0.2, 0.25) is 0 Å². The molecule has 2 rings (SSSR count). The van der Waals surface area contributed by atoms with Gasteiger partial charge in [0.25, 0.3) is 0 Å². The van der Waals surface area contributed by atoms with Crippen molar-refractivity contribution in [3.05, 3.63) is 0 Å². The highest BCUT2D eigenvalue weighted by Gasteiger charge is 2.56. The number of hydrogen-bond acceptors (Lipinski definition) is 15. The molecule has 0 amide bonds. The highest BCUT2D eigenvalue weighted by molar-refractivity contribution is 5.68. The molecular formula is C23H36O15. The highest BCUT2D eigenvalue weighted by Crippen LogP contribution is 2.35. The molecule has 2 saturated heterocycles. The average Bonchev–Trinajstić information content (AvgIpc) is 3.31. The van der Waals surface area contributed by atoms with Crippen molar-refractivity contribution in [2.45, 2.75) is 89.1 Å². The molecule has 4 unspecified atom stereocenters. The zero-order valence-electron chi connectivity index (χ0n) is 22.4. The quantitative estimate of drug-likeness (QED) is 0.213. The van der Waals surface area contributed by atoms with Gasteiger partial charge in [-0.25, -0.2) is 0 Å². The Morgan fingerprint density at radius 1 is 0.711 bits per heavy atom. The summed E-state index contributed by atoms with van der Waals surface area (Å²) in [6, 6.07) is 0.